The largest absolute Gasteiger partial charge is 0.295 e. The van der Waals surface area contributed by atoms with Gasteiger partial charge in [-0.2, -0.15) is 0 Å². The summed E-state index contributed by atoms with van der Waals surface area (Å²) in [5.41, 5.74) is 1.73. The van der Waals surface area contributed by atoms with Crippen molar-refractivity contribution in [2.24, 2.45) is 0 Å². The first-order valence-electron chi connectivity index (χ1n) is 8.88. The van der Waals surface area contributed by atoms with Gasteiger partial charge in [0.1, 0.15) is 0 Å². The second-order valence-electron chi connectivity index (χ2n) is 7.10. The Hall–Kier alpha value is -1.52. The molecule has 0 radical (unpaired) electrons. The number of benzene rings is 1. The highest BCUT2D eigenvalue weighted by Gasteiger charge is 2.24. The molecule has 0 aliphatic rings. The molecule has 138 valence electrons. The molecular formula is C21H31NO2S. The van der Waals surface area contributed by atoms with Gasteiger partial charge < -0.3 is 0 Å². The smallest absolute Gasteiger partial charge is 0.157 e. The van der Waals surface area contributed by atoms with Gasteiger partial charge in [-0.05, 0) is 39.7 Å². The monoisotopic (exact) mass is 361 g/mol. The summed E-state index contributed by atoms with van der Waals surface area (Å²) >= 11 is 0. The van der Waals surface area contributed by atoms with Crippen molar-refractivity contribution in [2.75, 3.05) is 0 Å². The van der Waals surface area contributed by atoms with Crippen LogP contribution in [0.1, 0.15) is 59.4 Å². The van der Waals surface area contributed by atoms with E-state index in [-0.39, 0.29) is 11.8 Å². The molecule has 25 heavy (non-hydrogen) atoms. The highest BCUT2D eigenvalue weighted by molar-refractivity contribution is 7.84. The summed E-state index contributed by atoms with van der Waals surface area (Å²) in [5.74, 6) is 0.0113. The molecule has 0 saturated heterocycles. The third-order valence-electron chi connectivity index (χ3n) is 3.73. The third kappa shape index (κ3) is 7.93. The Bertz CT molecular complexity index is 627. The van der Waals surface area contributed by atoms with Gasteiger partial charge in [-0.3, -0.25) is 4.79 Å². The molecule has 0 aliphatic heterocycles. The molecule has 0 spiro atoms. The average molecular weight is 362 g/mol. The molecule has 1 unspecified atom stereocenters. The Balaban J connectivity index is 3.11. The molecule has 0 saturated carbocycles. The lowest BCUT2D eigenvalue weighted by Gasteiger charge is -2.23. The van der Waals surface area contributed by atoms with Crippen LogP contribution in [0.25, 0.3) is 6.08 Å². The number of allylic oxidation sites excluding steroid dienone is 1. The molecule has 3 nitrogen and oxygen atoms in total. The Morgan fingerprint density at radius 1 is 1.24 bits per heavy atom. The standard InChI is InChI=1S/C21H31NO2S/c1-6-7-9-14-19(17(2)23)20(22-25(24)21(3,4)5)16-15-18-12-10-8-11-13-18/h8,10-16,20,22H,6-7,9H2,1-5H3/b16-15+,19-14+/t20-,25?/m0/s1. The first-order valence-corrected chi connectivity index (χ1v) is 10.0. The van der Waals surface area contributed by atoms with E-state index in [1.165, 1.54) is 0 Å². The van der Waals surface area contributed by atoms with Crippen LogP contribution in [0.2, 0.25) is 0 Å². The molecule has 0 aliphatic carbocycles. The number of carbonyl (C=O) groups excluding carboxylic acids is 1. The number of hydrogen-bond donors (Lipinski definition) is 1. The predicted octanol–water partition coefficient (Wildman–Crippen LogP) is 4.83. The zero-order valence-corrected chi connectivity index (χ0v) is 16.9. The lowest BCUT2D eigenvalue weighted by atomic mass is 10.0. The fourth-order valence-corrected chi connectivity index (χ4v) is 3.01. The summed E-state index contributed by atoms with van der Waals surface area (Å²) in [4.78, 5) is 12.2. The van der Waals surface area contributed by atoms with Crippen LogP contribution in [-0.4, -0.2) is 20.8 Å². The fourth-order valence-electron chi connectivity index (χ4n) is 2.22. The van der Waals surface area contributed by atoms with E-state index >= 15 is 0 Å². The van der Waals surface area contributed by atoms with Crippen molar-refractivity contribution in [3.05, 3.63) is 53.6 Å². The summed E-state index contributed by atoms with van der Waals surface area (Å²) < 4.78 is 15.3. The van der Waals surface area contributed by atoms with Gasteiger partial charge in [-0.1, -0.05) is 68.3 Å². The van der Waals surface area contributed by atoms with Crippen molar-refractivity contribution < 1.29 is 9.00 Å². The van der Waals surface area contributed by atoms with Gasteiger partial charge in [0, 0.05) is 5.57 Å². The lowest BCUT2D eigenvalue weighted by Crippen LogP contribution is -2.41. The molecule has 0 bridgehead atoms. The van der Waals surface area contributed by atoms with Crippen molar-refractivity contribution >= 4 is 22.8 Å². The summed E-state index contributed by atoms with van der Waals surface area (Å²) in [6.45, 7) is 9.46. The number of ketones is 1. The molecule has 4 heteroatoms. The molecular weight excluding hydrogens is 330 g/mol. The van der Waals surface area contributed by atoms with E-state index in [4.69, 9.17) is 0 Å². The highest BCUT2D eigenvalue weighted by atomic mass is 32.2. The predicted molar refractivity (Wildman–Crippen MR) is 109 cm³/mol. The van der Waals surface area contributed by atoms with Gasteiger partial charge in [0.15, 0.2) is 5.78 Å². The van der Waals surface area contributed by atoms with Crippen LogP contribution < -0.4 is 4.72 Å². The maximum Gasteiger partial charge on any atom is 0.157 e. The summed E-state index contributed by atoms with van der Waals surface area (Å²) in [6, 6.07) is 9.55. The van der Waals surface area contributed by atoms with Gasteiger partial charge in [0.25, 0.3) is 0 Å². The molecule has 0 aromatic heterocycles. The van der Waals surface area contributed by atoms with E-state index < -0.39 is 15.7 Å². The molecule has 1 aromatic rings. The quantitative estimate of drug-likeness (QED) is 0.506. The Morgan fingerprint density at radius 2 is 1.88 bits per heavy atom. The minimum Gasteiger partial charge on any atom is -0.295 e. The van der Waals surface area contributed by atoms with Gasteiger partial charge in [0.05, 0.1) is 21.8 Å². The fraction of sp³-hybridized carbons (Fsp3) is 0.476. The van der Waals surface area contributed by atoms with Crippen molar-refractivity contribution in [3.8, 4) is 0 Å². The molecule has 1 rings (SSSR count). The number of unbranched alkanes of at least 4 members (excludes halogenated alkanes) is 2. The van der Waals surface area contributed by atoms with Crippen molar-refractivity contribution in [1.82, 2.24) is 4.72 Å². The number of carbonyl (C=O) groups is 1. The van der Waals surface area contributed by atoms with E-state index in [1.54, 1.807) is 6.92 Å². The van der Waals surface area contributed by atoms with Crippen molar-refractivity contribution in [3.63, 3.8) is 0 Å². The third-order valence-corrected chi connectivity index (χ3v) is 5.31. The van der Waals surface area contributed by atoms with Gasteiger partial charge in [0.2, 0.25) is 0 Å². The SMILES string of the molecule is CCCC/C=C(\C(C)=O)[C@H](/C=C/c1ccccc1)NS(=O)C(C)(C)C. The number of nitrogens with one attached hydrogen (secondary N) is 1. The summed E-state index contributed by atoms with van der Waals surface area (Å²) in [7, 11) is -1.26. The van der Waals surface area contributed by atoms with Crippen LogP contribution in [0.15, 0.2) is 48.1 Å². The van der Waals surface area contributed by atoms with Crippen LogP contribution in [0.4, 0.5) is 0 Å². The highest BCUT2D eigenvalue weighted by Crippen LogP contribution is 2.16. The molecule has 0 amide bonds. The average Bonchev–Trinajstić information content (AvgIpc) is 2.55. The van der Waals surface area contributed by atoms with Gasteiger partial charge in [-0.25, -0.2) is 8.93 Å². The van der Waals surface area contributed by atoms with E-state index in [1.807, 2.05) is 69.3 Å². The van der Waals surface area contributed by atoms with E-state index in [0.29, 0.717) is 5.57 Å². The van der Waals surface area contributed by atoms with Gasteiger partial charge in [-0.15, -0.1) is 0 Å². The van der Waals surface area contributed by atoms with Crippen LogP contribution in [-0.2, 0) is 15.8 Å². The molecule has 1 N–H and O–H groups in total. The first-order chi connectivity index (χ1) is 11.8. The minimum absolute atomic E-state index is 0.0113. The topological polar surface area (TPSA) is 46.2 Å². The van der Waals surface area contributed by atoms with Crippen LogP contribution in [0.3, 0.4) is 0 Å². The Labute approximate surface area is 155 Å². The summed E-state index contributed by atoms with van der Waals surface area (Å²) in [6.07, 6.45) is 8.84. The maximum absolute atomic E-state index is 12.6. The number of Topliss-reactive ketones (excluding diaryl/α,β-unsaturated/α-hetero) is 1. The zero-order chi connectivity index (χ0) is 18.9. The van der Waals surface area contributed by atoms with E-state index in [2.05, 4.69) is 11.6 Å². The van der Waals surface area contributed by atoms with Crippen LogP contribution >= 0.6 is 0 Å². The second kappa shape index (κ2) is 10.5. The van der Waals surface area contributed by atoms with E-state index in [0.717, 1.165) is 24.8 Å². The maximum atomic E-state index is 12.6. The number of hydrogen-bond acceptors (Lipinski definition) is 2. The number of rotatable bonds is 9. The van der Waals surface area contributed by atoms with Gasteiger partial charge >= 0.3 is 0 Å². The Kier molecular flexibility index (Phi) is 9.01. The Morgan fingerprint density at radius 3 is 2.40 bits per heavy atom. The first kappa shape index (κ1) is 21.5. The van der Waals surface area contributed by atoms with Crippen molar-refractivity contribution in [2.45, 2.75) is 64.7 Å². The molecule has 0 heterocycles. The molecule has 0 fully saturated rings. The lowest BCUT2D eigenvalue weighted by molar-refractivity contribution is -0.113. The van der Waals surface area contributed by atoms with Crippen LogP contribution in [0, 0.1) is 0 Å². The second-order valence-corrected chi connectivity index (χ2v) is 9.10. The van der Waals surface area contributed by atoms with E-state index in [9.17, 15) is 9.00 Å². The molecule has 1 aromatic carbocycles. The summed E-state index contributed by atoms with van der Waals surface area (Å²) in [5, 5.41) is 0. The zero-order valence-electron chi connectivity index (χ0n) is 16.0. The van der Waals surface area contributed by atoms with Crippen molar-refractivity contribution in [1.29, 1.82) is 0 Å². The normalized spacial score (nSPS) is 15.3. The minimum atomic E-state index is -1.26. The van der Waals surface area contributed by atoms with Crippen LogP contribution in [0.5, 0.6) is 0 Å². The molecule has 2 atom stereocenters.